The van der Waals surface area contributed by atoms with Crippen molar-refractivity contribution in [3.8, 4) is 0 Å². The Morgan fingerprint density at radius 1 is 1.44 bits per heavy atom. The Morgan fingerprint density at radius 3 is 3.00 bits per heavy atom. The van der Waals surface area contributed by atoms with E-state index >= 15 is 0 Å². The lowest BCUT2D eigenvalue weighted by molar-refractivity contribution is 0.659. The van der Waals surface area contributed by atoms with E-state index in [1.54, 1.807) is 18.5 Å². The van der Waals surface area contributed by atoms with E-state index in [0.717, 1.165) is 17.8 Å². The zero-order chi connectivity index (χ0) is 11.4. The molecule has 0 unspecified atom stereocenters. The third-order valence-corrected chi connectivity index (χ3v) is 2.59. The highest BCUT2D eigenvalue weighted by Gasteiger charge is 2.00. The first-order valence-electron chi connectivity index (χ1n) is 5.14. The minimum atomic E-state index is 0.679. The van der Waals surface area contributed by atoms with Crippen LogP contribution in [0.15, 0.2) is 30.9 Å². The maximum atomic E-state index is 6.00. The summed E-state index contributed by atoms with van der Waals surface area (Å²) in [4.78, 5) is 4.01. The standard InChI is InChI=1S/C11H13ClN4/c1-2-16-8-9(6-15-16)5-14-11-7-13-4-3-10(11)12/h3-4,6-8,14H,2,5H2,1H3. The van der Waals surface area contributed by atoms with E-state index in [0.29, 0.717) is 11.6 Å². The normalized spacial score (nSPS) is 10.4. The first-order valence-corrected chi connectivity index (χ1v) is 5.52. The summed E-state index contributed by atoms with van der Waals surface area (Å²) in [6, 6.07) is 1.76. The Balaban J connectivity index is 1.99. The maximum absolute atomic E-state index is 6.00. The number of halogens is 1. The summed E-state index contributed by atoms with van der Waals surface area (Å²) in [5.74, 6) is 0. The summed E-state index contributed by atoms with van der Waals surface area (Å²) >= 11 is 6.00. The molecule has 0 aromatic carbocycles. The number of hydrogen-bond acceptors (Lipinski definition) is 3. The Kier molecular flexibility index (Phi) is 3.41. The number of hydrogen-bond donors (Lipinski definition) is 1. The van der Waals surface area contributed by atoms with Crippen molar-refractivity contribution in [2.75, 3.05) is 5.32 Å². The number of aromatic nitrogens is 3. The molecule has 1 N–H and O–H groups in total. The van der Waals surface area contributed by atoms with Crippen molar-refractivity contribution in [3.05, 3.63) is 41.4 Å². The highest BCUT2D eigenvalue weighted by molar-refractivity contribution is 6.33. The fourth-order valence-corrected chi connectivity index (χ4v) is 1.55. The van der Waals surface area contributed by atoms with Crippen molar-refractivity contribution in [2.45, 2.75) is 20.0 Å². The molecule has 0 fully saturated rings. The van der Waals surface area contributed by atoms with Gasteiger partial charge in [-0.25, -0.2) is 0 Å². The molecule has 0 aliphatic rings. The van der Waals surface area contributed by atoms with Crippen LogP contribution in [-0.4, -0.2) is 14.8 Å². The van der Waals surface area contributed by atoms with Gasteiger partial charge in [0.2, 0.25) is 0 Å². The molecule has 0 amide bonds. The Morgan fingerprint density at radius 2 is 2.31 bits per heavy atom. The Hall–Kier alpha value is -1.55. The number of aryl methyl sites for hydroxylation is 1. The summed E-state index contributed by atoms with van der Waals surface area (Å²) in [5.41, 5.74) is 1.97. The van der Waals surface area contributed by atoms with Crippen molar-refractivity contribution < 1.29 is 0 Å². The zero-order valence-electron chi connectivity index (χ0n) is 9.02. The fraction of sp³-hybridized carbons (Fsp3) is 0.273. The minimum absolute atomic E-state index is 0.679. The average molecular weight is 237 g/mol. The summed E-state index contributed by atoms with van der Waals surface area (Å²) < 4.78 is 1.89. The zero-order valence-corrected chi connectivity index (χ0v) is 9.78. The molecule has 2 aromatic rings. The molecule has 16 heavy (non-hydrogen) atoms. The van der Waals surface area contributed by atoms with Gasteiger partial charge in [-0.05, 0) is 13.0 Å². The lowest BCUT2D eigenvalue weighted by atomic mass is 10.3. The predicted octanol–water partition coefficient (Wildman–Crippen LogP) is 2.56. The van der Waals surface area contributed by atoms with Crippen LogP contribution in [0.2, 0.25) is 5.02 Å². The van der Waals surface area contributed by atoms with Crippen LogP contribution >= 0.6 is 11.6 Å². The molecule has 0 radical (unpaired) electrons. The van der Waals surface area contributed by atoms with E-state index in [1.807, 2.05) is 17.1 Å². The summed E-state index contributed by atoms with van der Waals surface area (Å²) in [6.07, 6.45) is 7.24. The number of pyridine rings is 1. The third-order valence-electron chi connectivity index (χ3n) is 2.26. The second-order valence-electron chi connectivity index (χ2n) is 3.41. The van der Waals surface area contributed by atoms with Crippen molar-refractivity contribution in [2.24, 2.45) is 0 Å². The van der Waals surface area contributed by atoms with Gasteiger partial charge in [-0.2, -0.15) is 5.10 Å². The van der Waals surface area contributed by atoms with Crippen LogP contribution in [0.3, 0.4) is 0 Å². The molecule has 5 heteroatoms. The minimum Gasteiger partial charge on any atom is -0.378 e. The lowest BCUT2D eigenvalue weighted by Gasteiger charge is -2.05. The third kappa shape index (κ3) is 2.52. The van der Waals surface area contributed by atoms with Crippen LogP contribution in [0.1, 0.15) is 12.5 Å². The second-order valence-corrected chi connectivity index (χ2v) is 3.82. The fourth-order valence-electron chi connectivity index (χ4n) is 1.38. The number of nitrogens with zero attached hydrogens (tertiary/aromatic N) is 3. The van der Waals surface area contributed by atoms with E-state index in [1.165, 1.54) is 0 Å². The van der Waals surface area contributed by atoms with Gasteiger partial charge in [-0.1, -0.05) is 11.6 Å². The molecule has 2 heterocycles. The van der Waals surface area contributed by atoms with Gasteiger partial charge in [0.25, 0.3) is 0 Å². The van der Waals surface area contributed by atoms with Crippen LogP contribution in [0.5, 0.6) is 0 Å². The predicted molar refractivity (Wildman–Crippen MR) is 64.5 cm³/mol. The largest absolute Gasteiger partial charge is 0.378 e. The average Bonchev–Trinajstić information content (AvgIpc) is 2.76. The van der Waals surface area contributed by atoms with E-state index < -0.39 is 0 Å². The molecular formula is C11H13ClN4. The molecule has 84 valence electrons. The SMILES string of the molecule is CCn1cc(CNc2cnccc2Cl)cn1. The van der Waals surface area contributed by atoms with Crippen LogP contribution in [0.4, 0.5) is 5.69 Å². The maximum Gasteiger partial charge on any atom is 0.0718 e. The molecule has 0 spiro atoms. The van der Waals surface area contributed by atoms with Crippen LogP contribution in [-0.2, 0) is 13.1 Å². The topological polar surface area (TPSA) is 42.7 Å². The summed E-state index contributed by atoms with van der Waals surface area (Å²) in [7, 11) is 0. The van der Waals surface area contributed by atoms with Crippen LogP contribution < -0.4 is 5.32 Å². The Bertz CT molecular complexity index is 467. The molecule has 0 aliphatic heterocycles. The second kappa shape index (κ2) is 4.99. The van der Waals surface area contributed by atoms with Gasteiger partial charge >= 0.3 is 0 Å². The van der Waals surface area contributed by atoms with Crippen molar-refractivity contribution in [3.63, 3.8) is 0 Å². The van der Waals surface area contributed by atoms with Gasteiger partial charge in [-0.3, -0.25) is 9.67 Å². The molecule has 0 atom stereocenters. The lowest BCUT2D eigenvalue weighted by Crippen LogP contribution is -1.99. The number of anilines is 1. The van der Waals surface area contributed by atoms with Gasteiger partial charge in [-0.15, -0.1) is 0 Å². The first-order chi connectivity index (χ1) is 7.79. The van der Waals surface area contributed by atoms with Gasteiger partial charge in [0.05, 0.1) is 23.1 Å². The van der Waals surface area contributed by atoms with Crippen LogP contribution in [0, 0.1) is 0 Å². The smallest absolute Gasteiger partial charge is 0.0718 e. The summed E-state index contributed by atoms with van der Waals surface area (Å²) in [6.45, 7) is 3.64. The van der Waals surface area contributed by atoms with Crippen molar-refractivity contribution in [1.29, 1.82) is 0 Å². The van der Waals surface area contributed by atoms with E-state index in [4.69, 9.17) is 11.6 Å². The quantitative estimate of drug-likeness (QED) is 0.887. The van der Waals surface area contributed by atoms with Crippen molar-refractivity contribution in [1.82, 2.24) is 14.8 Å². The molecule has 0 saturated heterocycles. The molecule has 4 nitrogen and oxygen atoms in total. The highest BCUT2D eigenvalue weighted by Crippen LogP contribution is 2.19. The first kappa shape index (κ1) is 11.0. The summed E-state index contributed by atoms with van der Waals surface area (Å²) in [5, 5.41) is 8.09. The molecule has 2 rings (SSSR count). The molecule has 2 aromatic heterocycles. The van der Waals surface area contributed by atoms with Gasteiger partial charge in [0.1, 0.15) is 0 Å². The van der Waals surface area contributed by atoms with E-state index in [2.05, 4.69) is 22.3 Å². The highest BCUT2D eigenvalue weighted by atomic mass is 35.5. The molecule has 0 saturated carbocycles. The van der Waals surface area contributed by atoms with E-state index in [9.17, 15) is 0 Å². The van der Waals surface area contributed by atoms with Crippen molar-refractivity contribution >= 4 is 17.3 Å². The monoisotopic (exact) mass is 236 g/mol. The number of rotatable bonds is 4. The van der Waals surface area contributed by atoms with Gasteiger partial charge < -0.3 is 5.32 Å². The Labute approximate surface area is 99.3 Å². The van der Waals surface area contributed by atoms with Gasteiger partial charge in [0.15, 0.2) is 0 Å². The number of nitrogens with one attached hydrogen (secondary N) is 1. The molecule has 0 bridgehead atoms. The van der Waals surface area contributed by atoms with Gasteiger partial charge in [0, 0.05) is 31.0 Å². The van der Waals surface area contributed by atoms with E-state index in [-0.39, 0.29) is 0 Å². The molecule has 0 aliphatic carbocycles. The van der Waals surface area contributed by atoms with Crippen LogP contribution in [0.25, 0.3) is 0 Å². The molecular weight excluding hydrogens is 224 g/mol.